The summed E-state index contributed by atoms with van der Waals surface area (Å²) >= 11 is 1.41. The Morgan fingerprint density at radius 1 is 1.44 bits per heavy atom. The number of aromatic nitrogens is 1. The topological polar surface area (TPSA) is 65.9 Å². The molecule has 2 atom stereocenters. The van der Waals surface area contributed by atoms with Crippen molar-refractivity contribution >= 4 is 17.2 Å². The van der Waals surface area contributed by atoms with Crippen LogP contribution in [0, 0.1) is 17.2 Å². The largest absolute Gasteiger partial charge is 0.494 e. The summed E-state index contributed by atoms with van der Waals surface area (Å²) < 4.78 is 18.7. The molecule has 2 fully saturated rings. The number of ether oxygens (including phenoxy) is 1. The normalized spacial score (nSPS) is 25.0. The minimum atomic E-state index is -0.373. The van der Waals surface area contributed by atoms with Crippen molar-refractivity contribution in [1.29, 1.82) is 0 Å². The van der Waals surface area contributed by atoms with E-state index in [0.29, 0.717) is 31.9 Å². The lowest BCUT2D eigenvalue weighted by Crippen LogP contribution is -2.38. The van der Waals surface area contributed by atoms with Crippen LogP contribution < -0.4 is 4.74 Å². The van der Waals surface area contributed by atoms with Gasteiger partial charge < -0.3 is 14.7 Å². The van der Waals surface area contributed by atoms with Crippen LogP contribution in [0.1, 0.15) is 16.1 Å². The number of methoxy groups -OCH3 is 1. The first kappa shape index (κ1) is 18.3. The number of thiazole rings is 1. The zero-order chi connectivity index (χ0) is 19.0. The molecule has 0 saturated carbocycles. The van der Waals surface area contributed by atoms with Crippen LogP contribution >= 0.6 is 11.3 Å². The lowest BCUT2D eigenvalue weighted by Gasteiger charge is -2.27. The maximum Gasteiger partial charge on any atom is 0.273 e. The Labute approximate surface area is 161 Å². The molecule has 0 bridgehead atoms. The van der Waals surface area contributed by atoms with E-state index in [4.69, 9.17) is 4.74 Å². The summed E-state index contributed by atoms with van der Waals surface area (Å²) in [6, 6.07) is 4.89. The van der Waals surface area contributed by atoms with Crippen LogP contribution in [0.5, 0.6) is 5.75 Å². The molecule has 144 valence electrons. The number of likely N-dealkylation sites (tertiary alicyclic amines) is 2. The van der Waals surface area contributed by atoms with E-state index in [0.717, 1.165) is 12.1 Å². The molecule has 1 aromatic heterocycles. The van der Waals surface area contributed by atoms with Crippen LogP contribution in [0.2, 0.25) is 0 Å². The third kappa shape index (κ3) is 3.33. The van der Waals surface area contributed by atoms with Gasteiger partial charge in [0.05, 0.1) is 19.2 Å². The number of aliphatic hydroxyl groups is 1. The van der Waals surface area contributed by atoms with Crippen molar-refractivity contribution in [2.75, 3.05) is 39.9 Å². The lowest BCUT2D eigenvalue weighted by molar-refractivity contribution is 0.0714. The standard InChI is InChI=1S/C19H22FN3O3S/c1-26-17-4-13(2-3-15(17)20)5-22-6-14-7-23(10-19(14,9-22)11-24)18(25)16-8-27-12-21-16/h2-4,8,12,14,24H,5-7,9-11H2,1H3. The number of hydrogen-bond acceptors (Lipinski definition) is 6. The Balaban J connectivity index is 1.45. The van der Waals surface area contributed by atoms with Gasteiger partial charge in [-0.3, -0.25) is 9.69 Å². The summed E-state index contributed by atoms with van der Waals surface area (Å²) in [4.78, 5) is 20.8. The van der Waals surface area contributed by atoms with Crippen molar-refractivity contribution in [2.45, 2.75) is 6.54 Å². The van der Waals surface area contributed by atoms with Gasteiger partial charge in [-0.1, -0.05) is 6.07 Å². The second-order valence-corrected chi connectivity index (χ2v) is 8.13. The molecule has 4 rings (SSSR count). The van der Waals surface area contributed by atoms with Crippen molar-refractivity contribution in [3.63, 3.8) is 0 Å². The molecule has 6 nitrogen and oxygen atoms in total. The Kier molecular flexibility index (Phi) is 4.88. The molecule has 1 N–H and O–H groups in total. The highest BCUT2D eigenvalue weighted by Crippen LogP contribution is 2.43. The monoisotopic (exact) mass is 391 g/mol. The second kappa shape index (κ2) is 7.18. The van der Waals surface area contributed by atoms with Crippen molar-refractivity contribution in [1.82, 2.24) is 14.8 Å². The van der Waals surface area contributed by atoms with Gasteiger partial charge in [0.25, 0.3) is 5.91 Å². The zero-order valence-electron chi connectivity index (χ0n) is 15.1. The van der Waals surface area contributed by atoms with Gasteiger partial charge in [-0.05, 0) is 23.6 Å². The van der Waals surface area contributed by atoms with E-state index in [9.17, 15) is 14.3 Å². The molecule has 2 aromatic rings. The van der Waals surface area contributed by atoms with E-state index in [2.05, 4.69) is 9.88 Å². The predicted molar refractivity (Wildman–Crippen MR) is 99.3 cm³/mol. The summed E-state index contributed by atoms with van der Waals surface area (Å²) in [6.07, 6.45) is 0. The van der Waals surface area contributed by atoms with Gasteiger partial charge in [0.1, 0.15) is 5.69 Å². The molecule has 0 aliphatic carbocycles. The van der Waals surface area contributed by atoms with Crippen LogP contribution in [0.25, 0.3) is 0 Å². The van der Waals surface area contributed by atoms with Crippen LogP contribution in [0.15, 0.2) is 29.1 Å². The molecular formula is C19H22FN3O3S. The molecular weight excluding hydrogens is 369 g/mol. The van der Waals surface area contributed by atoms with Crippen LogP contribution in [0.4, 0.5) is 4.39 Å². The molecule has 2 aliphatic rings. The highest BCUT2D eigenvalue weighted by Gasteiger charge is 2.53. The van der Waals surface area contributed by atoms with Gasteiger partial charge in [-0.2, -0.15) is 0 Å². The highest BCUT2D eigenvalue weighted by atomic mass is 32.1. The molecule has 27 heavy (non-hydrogen) atoms. The molecule has 2 aliphatic heterocycles. The first-order valence-electron chi connectivity index (χ1n) is 8.88. The molecule has 1 aromatic carbocycles. The van der Waals surface area contributed by atoms with Crippen LogP contribution in [-0.2, 0) is 6.54 Å². The van der Waals surface area contributed by atoms with E-state index in [1.54, 1.807) is 23.0 Å². The fourth-order valence-corrected chi connectivity index (χ4v) is 4.86. The number of benzene rings is 1. The van der Waals surface area contributed by atoms with Crippen LogP contribution in [-0.4, -0.2) is 65.7 Å². The summed E-state index contributed by atoms with van der Waals surface area (Å²) in [6.45, 7) is 3.36. The number of rotatable bonds is 5. The SMILES string of the molecule is COc1cc(CN2CC3CN(C(=O)c4cscn4)CC3(CO)C2)ccc1F. The summed E-state index contributed by atoms with van der Waals surface area (Å²) in [5, 5.41) is 11.9. The minimum Gasteiger partial charge on any atom is -0.494 e. The van der Waals surface area contributed by atoms with E-state index in [1.807, 2.05) is 4.90 Å². The minimum absolute atomic E-state index is 0.0434. The summed E-state index contributed by atoms with van der Waals surface area (Å²) in [7, 11) is 1.46. The molecule has 3 heterocycles. The molecule has 0 radical (unpaired) electrons. The van der Waals surface area contributed by atoms with Crippen molar-refractivity contribution in [2.24, 2.45) is 11.3 Å². The maximum absolute atomic E-state index is 13.6. The average Bonchev–Trinajstić information content (AvgIpc) is 3.37. The van der Waals surface area contributed by atoms with E-state index in [1.165, 1.54) is 24.5 Å². The van der Waals surface area contributed by atoms with Gasteiger partial charge in [0.15, 0.2) is 11.6 Å². The van der Waals surface area contributed by atoms with Gasteiger partial charge in [0, 0.05) is 43.5 Å². The van der Waals surface area contributed by atoms with Gasteiger partial charge in [-0.25, -0.2) is 9.37 Å². The first-order valence-corrected chi connectivity index (χ1v) is 9.82. The third-order valence-corrected chi connectivity index (χ3v) is 6.29. The fraction of sp³-hybridized carbons (Fsp3) is 0.474. The quantitative estimate of drug-likeness (QED) is 0.843. The Bertz CT molecular complexity index is 832. The number of fused-ring (bicyclic) bond motifs is 1. The molecule has 8 heteroatoms. The number of amides is 1. The van der Waals surface area contributed by atoms with Gasteiger partial charge >= 0.3 is 0 Å². The van der Waals surface area contributed by atoms with E-state index >= 15 is 0 Å². The Morgan fingerprint density at radius 3 is 2.96 bits per heavy atom. The van der Waals surface area contributed by atoms with Crippen molar-refractivity contribution < 1.29 is 19.0 Å². The van der Waals surface area contributed by atoms with E-state index in [-0.39, 0.29) is 35.4 Å². The lowest BCUT2D eigenvalue weighted by atomic mass is 9.82. The Morgan fingerprint density at radius 2 is 2.30 bits per heavy atom. The first-order chi connectivity index (χ1) is 13.0. The Hall–Kier alpha value is -2.03. The van der Waals surface area contributed by atoms with E-state index < -0.39 is 0 Å². The zero-order valence-corrected chi connectivity index (χ0v) is 15.9. The van der Waals surface area contributed by atoms with Crippen molar-refractivity contribution in [3.05, 3.63) is 46.2 Å². The fourth-order valence-electron chi connectivity index (χ4n) is 4.33. The maximum atomic E-state index is 13.6. The number of carbonyl (C=O) groups is 1. The second-order valence-electron chi connectivity index (χ2n) is 7.42. The summed E-state index contributed by atoms with van der Waals surface area (Å²) in [5.41, 5.74) is 2.79. The number of carbonyl (C=O) groups excluding carboxylic acids is 1. The van der Waals surface area contributed by atoms with Crippen molar-refractivity contribution in [3.8, 4) is 5.75 Å². The van der Waals surface area contributed by atoms with Gasteiger partial charge in [-0.15, -0.1) is 11.3 Å². The number of halogens is 1. The molecule has 1 amide bonds. The smallest absolute Gasteiger partial charge is 0.273 e. The number of hydrogen-bond donors (Lipinski definition) is 1. The molecule has 0 spiro atoms. The van der Waals surface area contributed by atoms with Gasteiger partial charge in [0.2, 0.25) is 0 Å². The summed E-state index contributed by atoms with van der Waals surface area (Å²) in [5.74, 6) is 0.0205. The average molecular weight is 391 g/mol. The molecule has 2 saturated heterocycles. The highest BCUT2D eigenvalue weighted by molar-refractivity contribution is 7.07. The molecule has 2 unspecified atom stereocenters. The predicted octanol–water partition coefficient (Wildman–Crippen LogP) is 1.86. The third-order valence-electron chi connectivity index (χ3n) is 5.70. The number of nitrogens with zero attached hydrogens (tertiary/aromatic N) is 3. The number of aliphatic hydroxyl groups excluding tert-OH is 1. The van der Waals surface area contributed by atoms with Crippen LogP contribution in [0.3, 0.4) is 0 Å².